The van der Waals surface area contributed by atoms with Crippen molar-refractivity contribution in [3.63, 3.8) is 0 Å². The molecule has 0 spiro atoms. The van der Waals surface area contributed by atoms with Crippen molar-refractivity contribution in [3.8, 4) is 5.75 Å². The number of aromatic hydroxyl groups is 1. The summed E-state index contributed by atoms with van der Waals surface area (Å²) in [5.74, 6) is 0.925. The fourth-order valence-corrected chi connectivity index (χ4v) is 4.10. The maximum atomic E-state index is 11.0. The van der Waals surface area contributed by atoms with E-state index in [2.05, 4.69) is 63.4 Å². The van der Waals surface area contributed by atoms with E-state index < -0.39 is 0 Å². The van der Waals surface area contributed by atoms with Gasteiger partial charge in [-0.15, -0.1) is 0 Å². The molecule has 2 heterocycles. The Labute approximate surface area is 177 Å². The van der Waals surface area contributed by atoms with Crippen LogP contribution >= 0.6 is 0 Å². The molecule has 0 unspecified atom stereocenters. The first kappa shape index (κ1) is 20.1. The van der Waals surface area contributed by atoms with Crippen LogP contribution in [0.2, 0.25) is 0 Å². The molecule has 1 aliphatic heterocycles. The van der Waals surface area contributed by atoms with Gasteiger partial charge in [-0.25, -0.2) is 9.97 Å². The molecular formula is C25H26N3O2. The summed E-state index contributed by atoms with van der Waals surface area (Å²) in [5, 5.41) is 9.80. The summed E-state index contributed by atoms with van der Waals surface area (Å²) in [6.45, 7) is 3.67. The van der Waals surface area contributed by atoms with E-state index in [9.17, 15) is 9.90 Å². The van der Waals surface area contributed by atoms with Crippen molar-refractivity contribution in [2.75, 3.05) is 18.0 Å². The van der Waals surface area contributed by atoms with Crippen molar-refractivity contribution in [1.29, 1.82) is 0 Å². The fourth-order valence-electron chi connectivity index (χ4n) is 4.10. The molecule has 1 radical (unpaired) electrons. The molecule has 1 N–H and O–H groups in total. The minimum Gasteiger partial charge on any atom is -0.504 e. The first-order chi connectivity index (χ1) is 14.6. The minimum absolute atomic E-state index is 0.0365. The highest BCUT2D eigenvalue weighted by molar-refractivity contribution is 5.76. The van der Waals surface area contributed by atoms with Gasteiger partial charge in [0.25, 0.3) is 6.29 Å². The number of hydrogen-bond donors (Lipinski definition) is 1. The largest absolute Gasteiger partial charge is 0.504 e. The Morgan fingerprint density at radius 1 is 1.00 bits per heavy atom. The molecule has 3 aromatic rings. The quantitative estimate of drug-likeness (QED) is 0.678. The summed E-state index contributed by atoms with van der Waals surface area (Å²) >= 11 is 0. The molecular weight excluding hydrogens is 374 g/mol. The van der Waals surface area contributed by atoms with E-state index in [1.54, 1.807) is 13.2 Å². The zero-order valence-corrected chi connectivity index (χ0v) is 17.2. The summed E-state index contributed by atoms with van der Waals surface area (Å²) in [6.07, 6.45) is 5.48. The Morgan fingerprint density at radius 3 is 2.33 bits per heavy atom. The molecule has 5 heteroatoms. The first-order valence-electron chi connectivity index (χ1n) is 10.4. The van der Waals surface area contributed by atoms with Gasteiger partial charge in [0.05, 0.1) is 5.69 Å². The van der Waals surface area contributed by atoms with Gasteiger partial charge in [0.15, 0.2) is 11.4 Å². The van der Waals surface area contributed by atoms with Crippen LogP contribution in [0.15, 0.2) is 54.6 Å². The molecule has 153 valence electrons. The highest BCUT2D eigenvalue weighted by Gasteiger charge is 2.22. The van der Waals surface area contributed by atoms with Crippen LogP contribution < -0.4 is 4.90 Å². The van der Waals surface area contributed by atoms with Crippen molar-refractivity contribution in [2.45, 2.75) is 32.6 Å². The van der Waals surface area contributed by atoms with Crippen LogP contribution in [0.1, 0.15) is 41.2 Å². The predicted molar refractivity (Wildman–Crippen MR) is 118 cm³/mol. The van der Waals surface area contributed by atoms with Crippen molar-refractivity contribution in [3.05, 3.63) is 82.9 Å². The second-order valence-corrected chi connectivity index (χ2v) is 7.99. The molecule has 1 aromatic heterocycles. The Morgan fingerprint density at radius 2 is 1.67 bits per heavy atom. The first-order valence-corrected chi connectivity index (χ1v) is 10.4. The number of aromatic nitrogens is 2. The molecule has 0 amide bonds. The lowest BCUT2D eigenvalue weighted by atomic mass is 9.92. The van der Waals surface area contributed by atoms with E-state index in [-0.39, 0.29) is 11.4 Å². The number of rotatable bonds is 6. The number of nitrogens with zero attached hydrogens (tertiary/aromatic N) is 3. The average Bonchev–Trinajstić information content (AvgIpc) is 2.78. The molecule has 0 saturated carbocycles. The molecule has 1 fully saturated rings. The zero-order valence-electron chi connectivity index (χ0n) is 17.2. The van der Waals surface area contributed by atoms with Crippen LogP contribution in [0.5, 0.6) is 5.75 Å². The summed E-state index contributed by atoms with van der Waals surface area (Å²) in [5.41, 5.74) is 4.31. The minimum atomic E-state index is -0.167. The lowest BCUT2D eigenvalue weighted by Crippen LogP contribution is -2.34. The summed E-state index contributed by atoms with van der Waals surface area (Å²) < 4.78 is 0. The Bertz CT molecular complexity index is 995. The highest BCUT2D eigenvalue weighted by Crippen LogP contribution is 2.26. The summed E-state index contributed by atoms with van der Waals surface area (Å²) in [4.78, 5) is 21.9. The van der Waals surface area contributed by atoms with Crippen LogP contribution in [-0.2, 0) is 17.6 Å². The third kappa shape index (κ3) is 4.67. The monoisotopic (exact) mass is 400 g/mol. The molecule has 1 aliphatic rings. The number of piperidine rings is 1. The van der Waals surface area contributed by atoms with Crippen molar-refractivity contribution < 1.29 is 9.90 Å². The van der Waals surface area contributed by atoms with Crippen molar-refractivity contribution in [2.24, 2.45) is 5.92 Å². The number of benzene rings is 2. The van der Waals surface area contributed by atoms with Gasteiger partial charge in [-0.05, 0) is 55.4 Å². The zero-order chi connectivity index (χ0) is 20.9. The lowest BCUT2D eigenvalue weighted by molar-refractivity contribution is 0.394. The summed E-state index contributed by atoms with van der Waals surface area (Å²) in [7, 11) is 0. The maximum absolute atomic E-state index is 11.0. The van der Waals surface area contributed by atoms with E-state index in [1.165, 1.54) is 16.8 Å². The van der Waals surface area contributed by atoms with E-state index >= 15 is 0 Å². The molecule has 1 saturated heterocycles. The Kier molecular flexibility index (Phi) is 6.07. The van der Waals surface area contributed by atoms with Crippen LogP contribution in [0.4, 0.5) is 5.69 Å². The molecule has 2 aromatic carbocycles. The van der Waals surface area contributed by atoms with Gasteiger partial charge in [-0.3, -0.25) is 4.79 Å². The van der Waals surface area contributed by atoms with Gasteiger partial charge < -0.3 is 10.0 Å². The molecule has 5 nitrogen and oxygen atoms in total. The van der Waals surface area contributed by atoms with E-state index in [0.717, 1.165) is 38.8 Å². The topological polar surface area (TPSA) is 66.3 Å². The average molecular weight is 401 g/mol. The second kappa shape index (κ2) is 9.08. The van der Waals surface area contributed by atoms with E-state index in [0.29, 0.717) is 17.4 Å². The molecule has 4 rings (SSSR count). The number of anilines is 1. The molecule has 0 aliphatic carbocycles. The Balaban J connectivity index is 1.33. The molecule has 30 heavy (non-hydrogen) atoms. The van der Waals surface area contributed by atoms with E-state index in [1.807, 2.05) is 6.07 Å². The normalized spacial score (nSPS) is 14.6. The summed E-state index contributed by atoms with van der Waals surface area (Å²) in [6, 6.07) is 19.4. The number of carbonyl (C=O) groups excluding carboxylic acids is 1. The van der Waals surface area contributed by atoms with Crippen LogP contribution in [0, 0.1) is 12.8 Å². The fraction of sp³-hybridized carbons (Fsp3) is 0.320. The van der Waals surface area contributed by atoms with Crippen LogP contribution in [0.3, 0.4) is 0 Å². The van der Waals surface area contributed by atoms with Crippen LogP contribution in [-0.4, -0.2) is 34.5 Å². The smallest absolute Gasteiger partial charge is 0.257 e. The van der Waals surface area contributed by atoms with Crippen molar-refractivity contribution in [1.82, 2.24) is 9.97 Å². The van der Waals surface area contributed by atoms with Gasteiger partial charge in [-0.1, -0.05) is 42.5 Å². The Hall–Kier alpha value is -3.21. The maximum Gasteiger partial charge on any atom is 0.257 e. The third-order valence-electron chi connectivity index (χ3n) is 5.84. The standard InChI is InChI=1S/C25H26N3O2/c1-18-25(30)23(17-29)27-24(26-18)16-21-11-13-28(14-12-21)22-9-7-20(8-10-22)15-19-5-3-2-4-6-19/h2-10,21,30H,11-16H2,1H3. The van der Waals surface area contributed by atoms with Gasteiger partial charge in [0, 0.05) is 25.2 Å². The van der Waals surface area contributed by atoms with Gasteiger partial charge >= 0.3 is 0 Å². The highest BCUT2D eigenvalue weighted by atomic mass is 16.3. The van der Waals surface area contributed by atoms with Gasteiger partial charge in [-0.2, -0.15) is 0 Å². The van der Waals surface area contributed by atoms with Gasteiger partial charge in [0.1, 0.15) is 5.82 Å². The predicted octanol–water partition coefficient (Wildman–Crippen LogP) is 4.00. The molecule has 0 atom stereocenters. The SMILES string of the molecule is Cc1nc(CC2CCN(c3ccc(Cc4ccccc4)cc3)CC2)nc([C]=O)c1O. The lowest BCUT2D eigenvalue weighted by Gasteiger charge is -2.33. The van der Waals surface area contributed by atoms with Gasteiger partial charge in [0.2, 0.25) is 0 Å². The molecule has 0 bridgehead atoms. The van der Waals surface area contributed by atoms with Crippen LogP contribution in [0.25, 0.3) is 0 Å². The number of aryl methyl sites for hydroxylation is 1. The third-order valence-corrected chi connectivity index (χ3v) is 5.84. The number of hydrogen-bond acceptors (Lipinski definition) is 5. The van der Waals surface area contributed by atoms with Crippen molar-refractivity contribution >= 4 is 12.0 Å². The van der Waals surface area contributed by atoms with E-state index in [4.69, 9.17) is 0 Å². The second-order valence-electron chi connectivity index (χ2n) is 7.99.